The smallest absolute Gasteiger partial charge is 0.314 e. The highest BCUT2D eigenvalue weighted by atomic mass is 35.5. The van der Waals surface area contributed by atoms with E-state index in [0.717, 1.165) is 16.5 Å². The predicted molar refractivity (Wildman–Crippen MR) is 71.0 cm³/mol. The van der Waals surface area contributed by atoms with Crippen LogP contribution in [-0.2, 0) is 9.53 Å². The van der Waals surface area contributed by atoms with Gasteiger partial charge in [0.15, 0.2) is 0 Å². The first-order chi connectivity index (χ1) is 8.17. The molecule has 0 saturated heterocycles. The normalized spacial score (nSPS) is 11.9. The highest BCUT2D eigenvalue weighted by molar-refractivity contribution is 5.90. The van der Waals surface area contributed by atoms with Crippen LogP contribution in [-0.4, -0.2) is 29.7 Å². The number of phenols is 1. The summed E-state index contributed by atoms with van der Waals surface area (Å²) in [6, 6.07) is 4.93. The van der Waals surface area contributed by atoms with Crippen LogP contribution in [0.5, 0.6) is 5.75 Å². The molecule has 1 aromatic heterocycles. The van der Waals surface area contributed by atoms with E-state index in [-0.39, 0.29) is 30.7 Å². The summed E-state index contributed by atoms with van der Waals surface area (Å²) in [6.07, 6.45) is 1.72. The van der Waals surface area contributed by atoms with E-state index in [2.05, 4.69) is 4.98 Å². The molecule has 6 heteroatoms. The number of methoxy groups -OCH3 is 1. The van der Waals surface area contributed by atoms with Crippen LogP contribution in [0.3, 0.4) is 0 Å². The number of phenolic OH excluding ortho intramolecular Hbond substituents is 1. The van der Waals surface area contributed by atoms with Crippen LogP contribution in [0.2, 0.25) is 0 Å². The Morgan fingerprint density at radius 1 is 1.56 bits per heavy atom. The van der Waals surface area contributed by atoms with Crippen molar-refractivity contribution >= 4 is 29.3 Å². The van der Waals surface area contributed by atoms with Crippen molar-refractivity contribution in [1.82, 2.24) is 4.98 Å². The van der Waals surface area contributed by atoms with E-state index in [1.54, 1.807) is 24.4 Å². The molecule has 5 nitrogen and oxygen atoms in total. The molecule has 2 rings (SSSR count). The lowest BCUT2D eigenvalue weighted by molar-refractivity contribution is -0.142. The number of nitrogens with one attached hydrogen (secondary N) is 1. The van der Waals surface area contributed by atoms with Crippen LogP contribution in [0.4, 0.5) is 0 Å². The molecule has 1 atom stereocenters. The Morgan fingerprint density at radius 3 is 2.89 bits per heavy atom. The molecule has 0 bridgehead atoms. The third kappa shape index (κ3) is 2.42. The van der Waals surface area contributed by atoms with Gasteiger partial charge in [-0.3, -0.25) is 4.79 Å². The van der Waals surface area contributed by atoms with Gasteiger partial charge in [-0.15, -0.1) is 12.4 Å². The number of H-pyrrole nitrogens is 1. The number of hydrogen-bond acceptors (Lipinski definition) is 4. The second kappa shape index (κ2) is 5.75. The van der Waals surface area contributed by atoms with Crippen LogP contribution < -0.4 is 5.73 Å². The summed E-state index contributed by atoms with van der Waals surface area (Å²) in [6.45, 7) is 0.162. The topological polar surface area (TPSA) is 88.3 Å². The van der Waals surface area contributed by atoms with Crippen LogP contribution in [0.15, 0.2) is 24.4 Å². The van der Waals surface area contributed by atoms with Gasteiger partial charge in [0, 0.05) is 23.6 Å². The summed E-state index contributed by atoms with van der Waals surface area (Å²) in [4.78, 5) is 14.6. The van der Waals surface area contributed by atoms with Crippen LogP contribution >= 0.6 is 12.4 Å². The van der Waals surface area contributed by atoms with Gasteiger partial charge in [-0.1, -0.05) is 0 Å². The molecule has 0 radical (unpaired) electrons. The molecule has 0 fully saturated rings. The number of aromatic nitrogens is 1. The maximum absolute atomic E-state index is 11.6. The lowest BCUT2D eigenvalue weighted by atomic mass is 9.99. The molecule has 0 amide bonds. The molecule has 0 aliphatic carbocycles. The van der Waals surface area contributed by atoms with E-state index in [1.165, 1.54) is 7.11 Å². The molecule has 1 unspecified atom stereocenters. The lowest BCUT2D eigenvalue weighted by Gasteiger charge is -2.11. The average molecular weight is 271 g/mol. The number of rotatable bonds is 3. The minimum absolute atomic E-state index is 0. The molecule has 0 saturated carbocycles. The molecular formula is C12H15ClN2O3. The van der Waals surface area contributed by atoms with E-state index in [1.807, 2.05) is 0 Å². The third-order valence-corrected chi connectivity index (χ3v) is 2.79. The maximum atomic E-state index is 11.6. The summed E-state index contributed by atoms with van der Waals surface area (Å²) in [5.41, 5.74) is 7.18. The van der Waals surface area contributed by atoms with Crippen molar-refractivity contribution in [3.63, 3.8) is 0 Å². The van der Waals surface area contributed by atoms with Gasteiger partial charge >= 0.3 is 5.97 Å². The predicted octanol–water partition coefficient (Wildman–Crippen LogP) is 1.51. The van der Waals surface area contributed by atoms with Crippen molar-refractivity contribution in [1.29, 1.82) is 0 Å². The van der Waals surface area contributed by atoms with Gasteiger partial charge in [-0.25, -0.2) is 0 Å². The molecule has 1 aromatic carbocycles. The number of nitrogens with two attached hydrogens (primary N) is 1. The first-order valence-corrected chi connectivity index (χ1v) is 5.25. The highest BCUT2D eigenvalue weighted by Crippen LogP contribution is 2.28. The quantitative estimate of drug-likeness (QED) is 0.738. The molecule has 0 spiro atoms. The average Bonchev–Trinajstić information content (AvgIpc) is 2.73. The third-order valence-electron chi connectivity index (χ3n) is 2.79. The minimum atomic E-state index is -0.518. The second-order valence-corrected chi connectivity index (χ2v) is 3.79. The van der Waals surface area contributed by atoms with Gasteiger partial charge in [-0.05, 0) is 23.8 Å². The van der Waals surface area contributed by atoms with E-state index in [0.29, 0.717) is 0 Å². The summed E-state index contributed by atoms with van der Waals surface area (Å²) < 4.78 is 4.71. The van der Waals surface area contributed by atoms with Gasteiger partial charge in [0.25, 0.3) is 0 Å². The number of esters is 1. The van der Waals surface area contributed by atoms with Crippen molar-refractivity contribution in [2.24, 2.45) is 5.73 Å². The van der Waals surface area contributed by atoms with Gasteiger partial charge in [-0.2, -0.15) is 0 Å². The number of aromatic amines is 1. The largest absolute Gasteiger partial charge is 0.508 e. The van der Waals surface area contributed by atoms with Crippen LogP contribution in [0, 0.1) is 0 Å². The number of ether oxygens (including phenoxy) is 1. The fraction of sp³-hybridized carbons (Fsp3) is 0.250. The van der Waals surface area contributed by atoms with Gasteiger partial charge < -0.3 is 20.6 Å². The molecular weight excluding hydrogens is 256 g/mol. The zero-order valence-corrected chi connectivity index (χ0v) is 10.7. The van der Waals surface area contributed by atoms with E-state index in [9.17, 15) is 9.90 Å². The van der Waals surface area contributed by atoms with Gasteiger partial charge in [0.05, 0.1) is 13.0 Å². The summed E-state index contributed by atoms with van der Waals surface area (Å²) in [5, 5.41) is 10.2. The summed E-state index contributed by atoms with van der Waals surface area (Å²) >= 11 is 0. The second-order valence-electron chi connectivity index (χ2n) is 3.79. The monoisotopic (exact) mass is 270 g/mol. The number of hydrogen-bond donors (Lipinski definition) is 3. The maximum Gasteiger partial charge on any atom is 0.314 e. The molecule has 1 heterocycles. The Kier molecular flexibility index (Phi) is 4.58. The number of fused-ring (bicyclic) bond motifs is 1. The Bertz CT molecular complexity index is 553. The van der Waals surface area contributed by atoms with Crippen molar-refractivity contribution in [3.05, 3.63) is 30.0 Å². The first kappa shape index (κ1) is 14.3. The molecule has 2 aromatic rings. The van der Waals surface area contributed by atoms with E-state index < -0.39 is 5.92 Å². The molecule has 0 aliphatic heterocycles. The standard InChI is InChI=1S/C12H14N2O3.ClH/c1-17-12(16)9(5-13)10-6-14-11-3-2-7(15)4-8(10)11;/h2-4,6,9,14-15H,5,13H2,1H3;1H. The van der Waals surface area contributed by atoms with E-state index in [4.69, 9.17) is 10.5 Å². The first-order valence-electron chi connectivity index (χ1n) is 5.25. The highest BCUT2D eigenvalue weighted by Gasteiger charge is 2.22. The fourth-order valence-electron chi connectivity index (χ4n) is 1.91. The Balaban J connectivity index is 0.00000162. The molecule has 0 aliphatic rings. The lowest BCUT2D eigenvalue weighted by Crippen LogP contribution is -2.22. The Hall–Kier alpha value is -1.72. The molecule has 4 N–H and O–H groups in total. The number of carbonyl (C=O) groups excluding carboxylic acids is 1. The summed E-state index contributed by atoms with van der Waals surface area (Å²) in [7, 11) is 1.33. The zero-order chi connectivity index (χ0) is 12.4. The molecule has 98 valence electrons. The SMILES string of the molecule is COC(=O)C(CN)c1c[nH]c2ccc(O)cc12.Cl. The number of aromatic hydroxyl groups is 1. The van der Waals surface area contributed by atoms with Crippen molar-refractivity contribution in [3.8, 4) is 5.75 Å². The summed E-state index contributed by atoms with van der Waals surface area (Å²) in [5.74, 6) is -0.744. The number of halogens is 1. The Morgan fingerprint density at radius 2 is 2.28 bits per heavy atom. The van der Waals surface area contributed by atoms with Crippen molar-refractivity contribution in [2.75, 3.05) is 13.7 Å². The Labute approximate surface area is 110 Å². The van der Waals surface area contributed by atoms with Crippen molar-refractivity contribution < 1.29 is 14.6 Å². The number of carbonyl (C=O) groups is 1. The van der Waals surface area contributed by atoms with Crippen LogP contribution in [0.1, 0.15) is 11.5 Å². The fourth-order valence-corrected chi connectivity index (χ4v) is 1.91. The minimum Gasteiger partial charge on any atom is -0.508 e. The van der Waals surface area contributed by atoms with Crippen molar-refractivity contribution in [2.45, 2.75) is 5.92 Å². The van der Waals surface area contributed by atoms with Gasteiger partial charge in [0.1, 0.15) is 5.75 Å². The van der Waals surface area contributed by atoms with Gasteiger partial charge in [0.2, 0.25) is 0 Å². The number of benzene rings is 1. The molecule has 18 heavy (non-hydrogen) atoms. The van der Waals surface area contributed by atoms with Crippen LogP contribution in [0.25, 0.3) is 10.9 Å². The van der Waals surface area contributed by atoms with E-state index >= 15 is 0 Å². The zero-order valence-electron chi connectivity index (χ0n) is 9.84.